The largest absolute Gasteiger partial charge is 0.508 e. The lowest BCUT2D eigenvalue weighted by Crippen LogP contribution is -1.81. The number of phenols is 1. The van der Waals surface area contributed by atoms with Crippen LogP contribution in [0.2, 0.25) is 0 Å². The molecule has 0 aliphatic heterocycles. The number of phenolic OH excluding ortho intramolecular Hbond substituents is 1. The molecule has 0 radical (unpaired) electrons. The number of hydrogen-bond acceptors (Lipinski definition) is 2. The number of pyridine rings is 1. The minimum Gasteiger partial charge on any atom is -0.508 e. The van der Waals surface area contributed by atoms with Gasteiger partial charge in [-0.05, 0) is 29.3 Å². The van der Waals surface area contributed by atoms with Crippen LogP contribution in [0.15, 0.2) is 42.6 Å². The summed E-state index contributed by atoms with van der Waals surface area (Å²) in [5.41, 5.74) is 1.69. The number of aromatic nitrogens is 1. The SMILES string of the molecule is Oc1ccc(/C=C/c2ccnc(F)c2)cc1. The second-order valence-corrected chi connectivity index (χ2v) is 3.34. The summed E-state index contributed by atoms with van der Waals surface area (Å²) >= 11 is 0. The first-order valence-electron chi connectivity index (χ1n) is 4.83. The molecule has 16 heavy (non-hydrogen) atoms. The fourth-order valence-electron chi connectivity index (χ4n) is 1.30. The molecule has 1 heterocycles. The summed E-state index contributed by atoms with van der Waals surface area (Å²) in [6.07, 6.45) is 5.05. The van der Waals surface area contributed by atoms with E-state index in [0.717, 1.165) is 11.1 Å². The topological polar surface area (TPSA) is 33.1 Å². The molecule has 1 aromatic carbocycles. The zero-order valence-electron chi connectivity index (χ0n) is 8.47. The normalized spacial score (nSPS) is 10.8. The summed E-state index contributed by atoms with van der Waals surface area (Å²) in [5.74, 6) is -0.264. The standard InChI is InChI=1S/C13H10FNO/c14-13-9-11(7-8-15-13)2-1-10-3-5-12(16)6-4-10/h1-9,16H/b2-1+. The summed E-state index contributed by atoms with van der Waals surface area (Å²) in [7, 11) is 0. The van der Waals surface area contributed by atoms with Gasteiger partial charge in [0.25, 0.3) is 0 Å². The Kier molecular flexibility index (Phi) is 2.96. The van der Waals surface area contributed by atoms with Crippen LogP contribution in [0.5, 0.6) is 5.75 Å². The van der Waals surface area contributed by atoms with Crippen LogP contribution in [0.25, 0.3) is 12.2 Å². The third-order valence-corrected chi connectivity index (χ3v) is 2.11. The van der Waals surface area contributed by atoms with Crippen LogP contribution >= 0.6 is 0 Å². The maximum absolute atomic E-state index is 12.8. The summed E-state index contributed by atoms with van der Waals surface area (Å²) in [6, 6.07) is 9.85. The van der Waals surface area contributed by atoms with E-state index in [1.54, 1.807) is 36.4 Å². The van der Waals surface area contributed by atoms with Gasteiger partial charge in [-0.15, -0.1) is 0 Å². The van der Waals surface area contributed by atoms with E-state index in [2.05, 4.69) is 4.98 Å². The maximum Gasteiger partial charge on any atom is 0.213 e. The van der Waals surface area contributed by atoms with Crippen LogP contribution in [0.4, 0.5) is 4.39 Å². The number of nitrogens with zero attached hydrogens (tertiary/aromatic N) is 1. The van der Waals surface area contributed by atoms with Crippen molar-refractivity contribution in [2.75, 3.05) is 0 Å². The number of rotatable bonds is 2. The first-order chi connectivity index (χ1) is 7.74. The first kappa shape index (κ1) is 10.4. The number of aromatic hydroxyl groups is 1. The van der Waals surface area contributed by atoms with Crippen molar-refractivity contribution in [2.24, 2.45) is 0 Å². The summed E-state index contributed by atoms with van der Waals surface area (Å²) in [5, 5.41) is 9.10. The lowest BCUT2D eigenvalue weighted by molar-refractivity contribution is 0.475. The Balaban J connectivity index is 2.18. The average Bonchev–Trinajstić information content (AvgIpc) is 2.28. The fraction of sp³-hybridized carbons (Fsp3) is 0. The van der Waals surface area contributed by atoms with Crippen LogP contribution < -0.4 is 0 Å². The highest BCUT2D eigenvalue weighted by Gasteiger charge is 1.92. The monoisotopic (exact) mass is 215 g/mol. The van der Waals surface area contributed by atoms with Gasteiger partial charge < -0.3 is 5.11 Å². The molecule has 0 atom stereocenters. The number of benzene rings is 1. The molecular weight excluding hydrogens is 205 g/mol. The molecule has 80 valence electrons. The van der Waals surface area contributed by atoms with Gasteiger partial charge in [0.2, 0.25) is 5.95 Å². The Morgan fingerprint density at radius 1 is 1.00 bits per heavy atom. The molecule has 2 rings (SSSR count). The molecule has 1 aromatic heterocycles. The van der Waals surface area contributed by atoms with Gasteiger partial charge in [0.05, 0.1) is 0 Å². The van der Waals surface area contributed by atoms with Gasteiger partial charge in [0.15, 0.2) is 0 Å². The smallest absolute Gasteiger partial charge is 0.213 e. The quantitative estimate of drug-likeness (QED) is 0.781. The molecular formula is C13H10FNO. The zero-order chi connectivity index (χ0) is 11.4. The Labute approximate surface area is 92.7 Å². The van der Waals surface area contributed by atoms with Gasteiger partial charge in [0, 0.05) is 12.3 Å². The van der Waals surface area contributed by atoms with E-state index in [4.69, 9.17) is 5.11 Å². The third kappa shape index (κ3) is 2.67. The first-order valence-corrected chi connectivity index (χ1v) is 4.83. The summed E-state index contributed by atoms with van der Waals surface area (Å²) < 4.78 is 12.8. The van der Waals surface area contributed by atoms with Gasteiger partial charge in [0.1, 0.15) is 5.75 Å². The fourth-order valence-corrected chi connectivity index (χ4v) is 1.30. The van der Waals surface area contributed by atoms with E-state index in [9.17, 15) is 4.39 Å². The molecule has 0 spiro atoms. The van der Waals surface area contributed by atoms with Crippen LogP contribution in [0.3, 0.4) is 0 Å². The van der Waals surface area contributed by atoms with Crippen LogP contribution in [0.1, 0.15) is 11.1 Å². The predicted molar refractivity (Wildman–Crippen MR) is 61.2 cm³/mol. The van der Waals surface area contributed by atoms with Crippen molar-refractivity contribution in [1.82, 2.24) is 4.98 Å². The molecule has 0 amide bonds. The molecule has 0 saturated heterocycles. The molecule has 2 aromatic rings. The van der Waals surface area contributed by atoms with Gasteiger partial charge in [-0.2, -0.15) is 4.39 Å². The van der Waals surface area contributed by atoms with Crippen LogP contribution in [-0.4, -0.2) is 10.1 Å². The maximum atomic E-state index is 12.8. The Hall–Kier alpha value is -2.16. The molecule has 0 bridgehead atoms. The molecule has 0 aliphatic rings. The summed E-state index contributed by atoms with van der Waals surface area (Å²) in [4.78, 5) is 3.47. The van der Waals surface area contributed by atoms with Gasteiger partial charge in [-0.25, -0.2) is 4.98 Å². The average molecular weight is 215 g/mol. The van der Waals surface area contributed by atoms with Crippen molar-refractivity contribution in [3.8, 4) is 5.75 Å². The second kappa shape index (κ2) is 4.57. The number of halogens is 1. The van der Waals surface area contributed by atoms with Gasteiger partial charge >= 0.3 is 0 Å². The highest BCUT2D eigenvalue weighted by atomic mass is 19.1. The van der Waals surface area contributed by atoms with Crippen molar-refractivity contribution in [3.63, 3.8) is 0 Å². The van der Waals surface area contributed by atoms with Crippen LogP contribution in [0, 0.1) is 5.95 Å². The Morgan fingerprint density at radius 2 is 1.69 bits per heavy atom. The molecule has 0 aliphatic carbocycles. The number of hydrogen-bond donors (Lipinski definition) is 1. The molecule has 0 saturated carbocycles. The van der Waals surface area contributed by atoms with Gasteiger partial charge in [-0.1, -0.05) is 24.3 Å². The highest BCUT2D eigenvalue weighted by molar-refractivity contribution is 5.69. The van der Waals surface area contributed by atoms with E-state index in [-0.39, 0.29) is 5.75 Å². The Morgan fingerprint density at radius 3 is 2.38 bits per heavy atom. The summed E-state index contributed by atoms with van der Waals surface area (Å²) in [6.45, 7) is 0. The third-order valence-electron chi connectivity index (χ3n) is 2.11. The van der Waals surface area contributed by atoms with Crippen molar-refractivity contribution in [3.05, 3.63) is 59.7 Å². The molecule has 1 N–H and O–H groups in total. The lowest BCUT2D eigenvalue weighted by Gasteiger charge is -1.95. The zero-order valence-corrected chi connectivity index (χ0v) is 8.47. The highest BCUT2D eigenvalue weighted by Crippen LogP contribution is 2.12. The van der Waals surface area contributed by atoms with Crippen molar-refractivity contribution in [1.29, 1.82) is 0 Å². The van der Waals surface area contributed by atoms with E-state index in [1.165, 1.54) is 12.3 Å². The van der Waals surface area contributed by atoms with Gasteiger partial charge in [-0.3, -0.25) is 0 Å². The molecule has 2 nitrogen and oxygen atoms in total. The molecule has 0 unspecified atom stereocenters. The Bertz CT molecular complexity index is 506. The van der Waals surface area contributed by atoms with E-state index < -0.39 is 5.95 Å². The minimum absolute atomic E-state index is 0.229. The van der Waals surface area contributed by atoms with Crippen molar-refractivity contribution >= 4 is 12.2 Å². The predicted octanol–water partition coefficient (Wildman–Crippen LogP) is 3.10. The van der Waals surface area contributed by atoms with Crippen molar-refractivity contribution in [2.45, 2.75) is 0 Å². The van der Waals surface area contributed by atoms with Crippen LogP contribution in [-0.2, 0) is 0 Å². The molecule has 0 fully saturated rings. The lowest BCUT2D eigenvalue weighted by atomic mass is 10.1. The minimum atomic E-state index is -0.493. The van der Waals surface area contributed by atoms with Crippen molar-refractivity contribution < 1.29 is 9.50 Å². The van der Waals surface area contributed by atoms with E-state index in [0.29, 0.717) is 0 Å². The van der Waals surface area contributed by atoms with E-state index in [1.807, 2.05) is 6.08 Å². The van der Waals surface area contributed by atoms with E-state index >= 15 is 0 Å². The molecule has 3 heteroatoms. The second-order valence-electron chi connectivity index (χ2n) is 3.34.